The molecule has 0 aliphatic heterocycles. The van der Waals surface area contributed by atoms with Gasteiger partial charge in [0.2, 0.25) is 0 Å². The van der Waals surface area contributed by atoms with Crippen molar-refractivity contribution in [1.29, 1.82) is 0 Å². The summed E-state index contributed by atoms with van der Waals surface area (Å²) in [4.78, 5) is 23.6. The van der Waals surface area contributed by atoms with Crippen LogP contribution in [0, 0.1) is 5.82 Å². The number of halogens is 1. The molecule has 2 aromatic rings. The lowest BCUT2D eigenvalue weighted by Crippen LogP contribution is -2.29. The van der Waals surface area contributed by atoms with Crippen molar-refractivity contribution in [2.24, 2.45) is 0 Å². The maximum Gasteiger partial charge on any atom is 0.412 e. The number of nitrogens with one attached hydrogen (secondary N) is 1. The summed E-state index contributed by atoms with van der Waals surface area (Å²) in [6.07, 6.45) is -2.35. The van der Waals surface area contributed by atoms with Crippen molar-refractivity contribution in [3.05, 3.63) is 59.9 Å². The van der Waals surface area contributed by atoms with E-state index in [0.29, 0.717) is 5.69 Å². The Morgan fingerprint density at radius 3 is 2.55 bits per heavy atom. The van der Waals surface area contributed by atoms with Crippen LogP contribution in [0.15, 0.2) is 48.5 Å². The Labute approximate surface area is 173 Å². The molecule has 0 radical (unpaired) electrons. The highest BCUT2D eigenvalue weighted by atomic mass is 32.1. The lowest BCUT2D eigenvalue weighted by molar-refractivity contribution is -0.141. The van der Waals surface area contributed by atoms with Crippen molar-refractivity contribution in [1.82, 2.24) is 0 Å². The molecule has 0 aromatic heterocycles. The average molecular weight is 423 g/mol. The quantitative estimate of drug-likeness (QED) is 0.421. The lowest BCUT2D eigenvalue weighted by Gasteiger charge is -2.26. The summed E-state index contributed by atoms with van der Waals surface area (Å²) < 4.78 is 29.8. The van der Waals surface area contributed by atoms with Crippen molar-refractivity contribution in [2.75, 3.05) is 24.8 Å². The van der Waals surface area contributed by atoms with E-state index < -0.39 is 35.8 Å². The zero-order chi connectivity index (χ0) is 21.2. The zero-order valence-electron chi connectivity index (χ0n) is 15.7. The summed E-state index contributed by atoms with van der Waals surface area (Å²) in [5.74, 6) is -1.97. The third kappa shape index (κ3) is 6.95. The first-order valence-corrected chi connectivity index (χ1v) is 9.38. The fraction of sp³-hybridized carbons (Fsp3) is 0.300. The smallest absolute Gasteiger partial charge is 0.412 e. The van der Waals surface area contributed by atoms with Gasteiger partial charge in [0, 0.05) is 19.2 Å². The summed E-state index contributed by atoms with van der Waals surface area (Å²) in [6.45, 7) is -0.00136. The van der Waals surface area contributed by atoms with Gasteiger partial charge in [0.15, 0.2) is 17.7 Å². The van der Waals surface area contributed by atoms with Crippen molar-refractivity contribution < 1.29 is 33.3 Å². The van der Waals surface area contributed by atoms with Gasteiger partial charge in [0.25, 0.3) is 0 Å². The number of para-hydroxylation sites is 1. The standard InChI is InChI=1S/C20H22FNO6S/c1-26-17(9-10-27-18(24)12-29)19(13-7-8-16(23)15(21)11-13)28-20(25)22-14-5-3-2-4-6-14/h2-8,11,17,19,23,29H,9-10,12H2,1H3,(H,22,25)/t17-,19-/m0/s1. The number of phenolic OH excluding ortho intramolecular Hbond substituents is 1. The molecule has 2 aromatic carbocycles. The maximum atomic E-state index is 13.9. The first-order valence-electron chi connectivity index (χ1n) is 8.75. The fourth-order valence-electron chi connectivity index (χ4n) is 2.57. The SMILES string of the molecule is CO[C@@H](CCOC(=O)CS)[C@@H](OC(=O)Nc1ccccc1)c1ccc(O)c(F)c1. The van der Waals surface area contributed by atoms with Gasteiger partial charge in [-0.25, -0.2) is 9.18 Å². The van der Waals surface area contributed by atoms with Crippen LogP contribution in [-0.2, 0) is 19.0 Å². The Morgan fingerprint density at radius 2 is 1.93 bits per heavy atom. The van der Waals surface area contributed by atoms with E-state index in [2.05, 4.69) is 17.9 Å². The Bertz CT molecular complexity index is 820. The highest BCUT2D eigenvalue weighted by Crippen LogP contribution is 2.29. The van der Waals surface area contributed by atoms with Crippen LogP contribution in [0.5, 0.6) is 5.75 Å². The molecule has 2 N–H and O–H groups in total. The zero-order valence-corrected chi connectivity index (χ0v) is 16.6. The van der Waals surface area contributed by atoms with Crippen molar-refractivity contribution >= 4 is 30.4 Å². The molecule has 7 nitrogen and oxygen atoms in total. The molecule has 0 unspecified atom stereocenters. The van der Waals surface area contributed by atoms with Crippen LogP contribution < -0.4 is 5.32 Å². The number of aromatic hydroxyl groups is 1. The number of esters is 1. The molecular weight excluding hydrogens is 401 g/mol. The Balaban J connectivity index is 2.17. The molecule has 2 rings (SSSR count). The molecule has 156 valence electrons. The number of anilines is 1. The molecule has 0 heterocycles. The Hall–Kier alpha value is -2.78. The molecule has 0 aliphatic carbocycles. The normalized spacial score (nSPS) is 12.7. The minimum Gasteiger partial charge on any atom is -0.505 e. The predicted molar refractivity (Wildman–Crippen MR) is 108 cm³/mol. The van der Waals surface area contributed by atoms with E-state index in [0.717, 1.165) is 12.1 Å². The molecule has 0 saturated carbocycles. The molecule has 0 aliphatic rings. The number of methoxy groups -OCH3 is 1. The summed E-state index contributed by atoms with van der Waals surface area (Å²) in [7, 11) is 1.40. The van der Waals surface area contributed by atoms with Crippen molar-refractivity contribution in [2.45, 2.75) is 18.6 Å². The first-order chi connectivity index (χ1) is 13.9. The van der Waals surface area contributed by atoms with Gasteiger partial charge in [0.1, 0.15) is 6.10 Å². The van der Waals surface area contributed by atoms with Crippen LogP contribution in [0.1, 0.15) is 18.1 Å². The van der Waals surface area contributed by atoms with Gasteiger partial charge in [-0.05, 0) is 29.8 Å². The number of hydrogen-bond acceptors (Lipinski definition) is 7. The number of amides is 1. The molecule has 2 atom stereocenters. The Morgan fingerprint density at radius 1 is 1.21 bits per heavy atom. The molecule has 0 saturated heterocycles. The third-order valence-corrected chi connectivity index (χ3v) is 4.25. The molecule has 29 heavy (non-hydrogen) atoms. The molecular formula is C20H22FNO6S. The second kappa shape index (κ2) is 11.3. The first kappa shape index (κ1) is 22.5. The van der Waals surface area contributed by atoms with E-state index in [9.17, 15) is 19.1 Å². The van der Waals surface area contributed by atoms with Crippen LogP contribution >= 0.6 is 12.6 Å². The van der Waals surface area contributed by atoms with Crippen LogP contribution in [0.2, 0.25) is 0 Å². The number of carbonyl (C=O) groups is 2. The third-order valence-electron chi connectivity index (χ3n) is 3.99. The van der Waals surface area contributed by atoms with Crippen LogP contribution in [-0.4, -0.2) is 42.7 Å². The summed E-state index contributed by atoms with van der Waals surface area (Å²) in [5, 5.41) is 12.0. The molecule has 0 spiro atoms. The highest BCUT2D eigenvalue weighted by molar-refractivity contribution is 7.81. The van der Waals surface area contributed by atoms with Gasteiger partial charge < -0.3 is 19.3 Å². The van der Waals surface area contributed by atoms with E-state index in [-0.39, 0.29) is 24.3 Å². The monoisotopic (exact) mass is 423 g/mol. The van der Waals surface area contributed by atoms with Gasteiger partial charge in [-0.1, -0.05) is 24.3 Å². The van der Waals surface area contributed by atoms with Gasteiger partial charge in [-0.15, -0.1) is 0 Å². The van der Waals surface area contributed by atoms with Gasteiger partial charge in [-0.2, -0.15) is 12.6 Å². The van der Waals surface area contributed by atoms with Gasteiger partial charge >= 0.3 is 12.1 Å². The minimum atomic E-state index is -1.02. The number of benzene rings is 2. The topological polar surface area (TPSA) is 94.1 Å². The summed E-state index contributed by atoms with van der Waals surface area (Å²) in [5.41, 5.74) is 0.792. The largest absolute Gasteiger partial charge is 0.505 e. The fourth-order valence-corrected chi connectivity index (χ4v) is 2.66. The van der Waals surface area contributed by atoms with Gasteiger partial charge in [0.05, 0.1) is 12.4 Å². The van der Waals surface area contributed by atoms with Crippen molar-refractivity contribution in [3.8, 4) is 5.75 Å². The highest BCUT2D eigenvalue weighted by Gasteiger charge is 2.28. The molecule has 9 heteroatoms. The van der Waals surface area contributed by atoms with E-state index in [1.54, 1.807) is 30.3 Å². The van der Waals surface area contributed by atoms with Gasteiger partial charge in [-0.3, -0.25) is 10.1 Å². The van der Waals surface area contributed by atoms with Crippen LogP contribution in [0.3, 0.4) is 0 Å². The second-order valence-electron chi connectivity index (χ2n) is 5.97. The maximum absolute atomic E-state index is 13.9. The molecule has 1 amide bonds. The van der Waals surface area contributed by atoms with E-state index in [1.165, 1.54) is 13.2 Å². The van der Waals surface area contributed by atoms with Crippen molar-refractivity contribution in [3.63, 3.8) is 0 Å². The van der Waals surface area contributed by atoms with E-state index in [1.807, 2.05) is 0 Å². The summed E-state index contributed by atoms with van der Waals surface area (Å²) in [6, 6.07) is 12.3. The molecule has 0 bridgehead atoms. The predicted octanol–water partition coefficient (Wildman–Crippen LogP) is 3.70. The number of ether oxygens (including phenoxy) is 3. The number of rotatable bonds is 9. The number of thiol groups is 1. The second-order valence-corrected chi connectivity index (χ2v) is 6.29. The number of carbonyl (C=O) groups excluding carboxylic acids is 2. The minimum absolute atomic E-state index is 0.00136. The van der Waals surface area contributed by atoms with Crippen LogP contribution in [0.4, 0.5) is 14.9 Å². The van der Waals surface area contributed by atoms with E-state index >= 15 is 0 Å². The molecule has 0 fully saturated rings. The average Bonchev–Trinajstić information content (AvgIpc) is 2.72. The number of phenols is 1. The summed E-state index contributed by atoms with van der Waals surface area (Å²) >= 11 is 3.83. The lowest BCUT2D eigenvalue weighted by atomic mass is 10.0. The Kier molecular flexibility index (Phi) is 8.75. The van der Waals surface area contributed by atoms with Crippen LogP contribution in [0.25, 0.3) is 0 Å². The number of hydrogen-bond donors (Lipinski definition) is 3. The van der Waals surface area contributed by atoms with E-state index in [4.69, 9.17) is 14.2 Å².